The van der Waals surface area contributed by atoms with Gasteiger partial charge in [-0.05, 0) is 49.7 Å². The molecule has 3 nitrogen and oxygen atoms in total. The van der Waals surface area contributed by atoms with Crippen LogP contribution in [0.1, 0.15) is 68.2 Å². The van der Waals surface area contributed by atoms with Crippen molar-refractivity contribution < 1.29 is 4.79 Å². The number of benzene rings is 1. The van der Waals surface area contributed by atoms with E-state index in [0.717, 1.165) is 49.8 Å². The predicted molar refractivity (Wildman–Crippen MR) is 111 cm³/mol. The van der Waals surface area contributed by atoms with E-state index in [9.17, 15) is 4.79 Å². The Morgan fingerprint density at radius 2 is 2.07 bits per heavy atom. The number of unbranched alkanes of at least 4 members (excludes halogenated alkanes) is 1. The van der Waals surface area contributed by atoms with E-state index in [4.69, 9.17) is 0 Å². The van der Waals surface area contributed by atoms with Gasteiger partial charge in [-0.25, -0.2) is 0 Å². The average molecular weight is 363 g/mol. The van der Waals surface area contributed by atoms with Crippen LogP contribution in [-0.2, 0) is 11.2 Å². The number of carbonyl (C=O) groups is 1. The van der Waals surface area contributed by atoms with Crippen molar-refractivity contribution in [3.05, 3.63) is 65.5 Å². The lowest BCUT2D eigenvalue weighted by molar-refractivity contribution is -0.129. The maximum atomic E-state index is 13.5. The monoisotopic (exact) mass is 362 g/mol. The van der Waals surface area contributed by atoms with E-state index < -0.39 is 0 Å². The Bertz CT molecular complexity index is 805. The molecule has 2 aromatic rings. The SMILES string of the molecule is CCCCC1CC(c2ccccc2)CCN1C(=O)C1=CCCc2[nH]ccc21. The largest absolute Gasteiger partial charge is 0.364 e. The number of nitrogens with one attached hydrogen (secondary N) is 1. The fourth-order valence-electron chi connectivity index (χ4n) is 4.75. The highest BCUT2D eigenvalue weighted by Gasteiger charge is 2.34. The molecular weight excluding hydrogens is 332 g/mol. The van der Waals surface area contributed by atoms with Crippen molar-refractivity contribution in [1.29, 1.82) is 0 Å². The van der Waals surface area contributed by atoms with E-state index in [-0.39, 0.29) is 5.91 Å². The Morgan fingerprint density at radius 1 is 1.22 bits per heavy atom. The van der Waals surface area contributed by atoms with Gasteiger partial charge in [0.05, 0.1) is 0 Å². The number of aryl methyl sites for hydroxylation is 1. The van der Waals surface area contributed by atoms with Crippen molar-refractivity contribution in [3.8, 4) is 0 Å². The molecule has 0 bridgehead atoms. The van der Waals surface area contributed by atoms with Crippen LogP contribution in [0.5, 0.6) is 0 Å². The zero-order valence-electron chi connectivity index (χ0n) is 16.3. The molecule has 1 fully saturated rings. The summed E-state index contributed by atoms with van der Waals surface area (Å²) in [5.41, 5.74) is 4.67. The van der Waals surface area contributed by atoms with E-state index in [1.54, 1.807) is 0 Å². The van der Waals surface area contributed by atoms with Crippen molar-refractivity contribution in [2.45, 2.75) is 63.8 Å². The molecule has 0 saturated carbocycles. The van der Waals surface area contributed by atoms with Crippen molar-refractivity contribution in [1.82, 2.24) is 9.88 Å². The van der Waals surface area contributed by atoms with Gasteiger partial charge >= 0.3 is 0 Å². The van der Waals surface area contributed by atoms with Gasteiger partial charge in [-0.15, -0.1) is 0 Å². The topological polar surface area (TPSA) is 36.1 Å². The molecule has 1 aromatic heterocycles. The molecule has 2 aliphatic rings. The number of amides is 1. The number of hydrogen-bond acceptors (Lipinski definition) is 1. The average Bonchev–Trinajstić information content (AvgIpc) is 3.21. The van der Waals surface area contributed by atoms with E-state index in [1.807, 2.05) is 6.20 Å². The van der Waals surface area contributed by atoms with Gasteiger partial charge in [0, 0.05) is 35.6 Å². The highest BCUT2D eigenvalue weighted by Crippen LogP contribution is 2.36. The maximum Gasteiger partial charge on any atom is 0.254 e. The smallest absolute Gasteiger partial charge is 0.254 e. The van der Waals surface area contributed by atoms with Crippen LogP contribution in [0.3, 0.4) is 0 Å². The number of piperidine rings is 1. The maximum absolute atomic E-state index is 13.5. The first kappa shape index (κ1) is 18.1. The summed E-state index contributed by atoms with van der Waals surface area (Å²) in [6.45, 7) is 3.10. The molecule has 1 aromatic carbocycles. The second-order valence-corrected chi connectivity index (χ2v) is 7.95. The Balaban J connectivity index is 1.54. The highest BCUT2D eigenvalue weighted by atomic mass is 16.2. The molecule has 1 aliphatic heterocycles. The third-order valence-electron chi connectivity index (χ3n) is 6.23. The number of nitrogens with zero attached hydrogens (tertiary/aromatic N) is 1. The second kappa shape index (κ2) is 8.16. The Hall–Kier alpha value is -2.29. The number of aromatic nitrogens is 1. The quantitative estimate of drug-likeness (QED) is 0.769. The molecule has 2 atom stereocenters. The van der Waals surface area contributed by atoms with Gasteiger partial charge in [0.25, 0.3) is 5.91 Å². The third-order valence-corrected chi connectivity index (χ3v) is 6.23. The summed E-state index contributed by atoms with van der Waals surface area (Å²) in [5, 5.41) is 0. The van der Waals surface area contributed by atoms with Crippen LogP contribution in [0.15, 0.2) is 48.7 Å². The van der Waals surface area contributed by atoms with Crippen LogP contribution in [0.25, 0.3) is 5.57 Å². The molecule has 3 heteroatoms. The van der Waals surface area contributed by atoms with Crippen LogP contribution in [0, 0.1) is 0 Å². The molecule has 1 aliphatic carbocycles. The van der Waals surface area contributed by atoms with Crippen LogP contribution >= 0.6 is 0 Å². The highest BCUT2D eigenvalue weighted by molar-refractivity contribution is 6.20. The standard InChI is InChI=1S/C24H30N2O/c1-2-3-10-20-17-19(18-8-5-4-6-9-18)14-16-26(20)24(27)22-11-7-12-23-21(22)13-15-25-23/h4-6,8-9,11,13,15,19-20,25H,2-3,7,10,12,14,16-17H2,1H3. The predicted octanol–water partition coefficient (Wildman–Crippen LogP) is 5.31. The molecule has 1 amide bonds. The van der Waals surface area contributed by atoms with Gasteiger partial charge in [0.2, 0.25) is 0 Å². The number of likely N-dealkylation sites (tertiary alicyclic amines) is 1. The minimum absolute atomic E-state index is 0.239. The number of rotatable bonds is 5. The van der Waals surface area contributed by atoms with Crippen LogP contribution < -0.4 is 0 Å². The number of aromatic amines is 1. The van der Waals surface area contributed by atoms with E-state index in [1.165, 1.54) is 24.1 Å². The van der Waals surface area contributed by atoms with E-state index in [2.05, 4.69) is 59.3 Å². The fraction of sp³-hybridized carbons (Fsp3) is 0.458. The zero-order chi connectivity index (χ0) is 18.6. The van der Waals surface area contributed by atoms with Crippen molar-refractivity contribution in [2.24, 2.45) is 0 Å². The van der Waals surface area contributed by atoms with Crippen LogP contribution in [-0.4, -0.2) is 28.4 Å². The zero-order valence-corrected chi connectivity index (χ0v) is 16.3. The number of allylic oxidation sites excluding steroid dienone is 1. The third kappa shape index (κ3) is 3.73. The summed E-state index contributed by atoms with van der Waals surface area (Å²) >= 11 is 0. The molecule has 0 spiro atoms. The van der Waals surface area contributed by atoms with Crippen molar-refractivity contribution in [3.63, 3.8) is 0 Å². The number of fused-ring (bicyclic) bond motifs is 1. The van der Waals surface area contributed by atoms with Gasteiger partial charge < -0.3 is 9.88 Å². The fourth-order valence-corrected chi connectivity index (χ4v) is 4.75. The summed E-state index contributed by atoms with van der Waals surface area (Å²) in [7, 11) is 0. The molecule has 1 N–H and O–H groups in total. The lowest BCUT2D eigenvalue weighted by Gasteiger charge is -2.40. The first-order chi connectivity index (χ1) is 13.3. The first-order valence-electron chi connectivity index (χ1n) is 10.5. The summed E-state index contributed by atoms with van der Waals surface area (Å²) in [4.78, 5) is 19.0. The second-order valence-electron chi connectivity index (χ2n) is 7.95. The normalized spacial score (nSPS) is 22.3. The number of hydrogen-bond donors (Lipinski definition) is 1. The molecule has 4 rings (SSSR count). The lowest BCUT2D eigenvalue weighted by atomic mass is 9.83. The Labute approximate surface area is 162 Å². The van der Waals surface area contributed by atoms with Gasteiger partial charge in [-0.3, -0.25) is 4.79 Å². The Morgan fingerprint density at radius 3 is 2.89 bits per heavy atom. The molecule has 2 unspecified atom stereocenters. The van der Waals surface area contributed by atoms with Gasteiger partial charge in [-0.2, -0.15) is 0 Å². The van der Waals surface area contributed by atoms with Crippen molar-refractivity contribution >= 4 is 11.5 Å². The molecule has 0 radical (unpaired) electrons. The summed E-state index contributed by atoms with van der Waals surface area (Å²) in [6, 6.07) is 13.3. The number of carbonyl (C=O) groups excluding carboxylic acids is 1. The molecule has 2 heterocycles. The molecule has 142 valence electrons. The minimum atomic E-state index is 0.239. The Kier molecular flexibility index (Phi) is 5.47. The molecule has 27 heavy (non-hydrogen) atoms. The number of H-pyrrole nitrogens is 1. The summed E-state index contributed by atoms with van der Waals surface area (Å²) in [5.74, 6) is 0.809. The van der Waals surface area contributed by atoms with Gasteiger partial charge in [0.1, 0.15) is 0 Å². The summed E-state index contributed by atoms with van der Waals surface area (Å²) in [6.07, 6.45) is 11.7. The first-order valence-corrected chi connectivity index (χ1v) is 10.5. The molecular formula is C24H30N2O. The van der Waals surface area contributed by atoms with Crippen molar-refractivity contribution in [2.75, 3.05) is 6.54 Å². The lowest BCUT2D eigenvalue weighted by Crippen LogP contribution is -2.46. The van der Waals surface area contributed by atoms with E-state index in [0.29, 0.717) is 12.0 Å². The van der Waals surface area contributed by atoms with E-state index >= 15 is 0 Å². The van der Waals surface area contributed by atoms with Gasteiger partial charge in [0.15, 0.2) is 0 Å². The van der Waals surface area contributed by atoms with Crippen LogP contribution in [0.2, 0.25) is 0 Å². The summed E-state index contributed by atoms with van der Waals surface area (Å²) < 4.78 is 0. The minimum Gasteiger partial charge on any atom is -0.364 e. The van der Waals surface area contributed by atoms with Gasteiger partial charge in [-0.1, -0.05) is 56.2 Å². The molecule has 1 saturated heterocycles. The van der Waals surface area contributed by atoms with Crippen LogP contribution in [0.4, 0.5) is 0 Å².